The van der Waals surface area contributed by atoms with E-state index in [9.17, 15) is 14.9 Å². The van der Waals surface area contributed by atoms with E-state index in [0.717, 1.165) is 4.68 Å². The molecule has 0 aromatic carbocycles. The lowest BCUT2D eigenvalue weighted by Gasteiger charge is -1.89. The quantitative estimate of drug-likeness (QED) is 0.565. The van der Waals surface area contributed by atoms with Crippen LogP contribution in [-0.2, 0) is 7.05 Å². The summed E-state index contributed by atoms with van der Waals surface area (Å²) in [6.45, 7) is 0. The molecule has 0 saturated heterocycles. The predicted octanol–water partition coefficient (Wildman–Crippen LogP) is 0.680. The number of hydrogen-bond acceptors (Lipinski definition) is 4. The zero-order chi connectivity index (χ0) is 10.2. The second-order valence-corrected chi connectivity index (χ2v) is 2.55. The Bertz CT molecular complexity index is 385. The zero-order valence-electron chi connectivity index (χ0n) is 6.39. The van der Waals surface area contributed by atoms with E-state index < -0.39 is 27.4 Å². The molecule has 0 spiro atoms. The lowest BCUT2D eigenvalue weighted by Crippen LogP contribution is -2.05. The highest BCUT2D eigenvalue weighted by molar-refractivity contribution is 6.35. The lowest BCUT2D eigenvalue weighted by atomic mass is 10.4. The van der Waals surface area contributed by atoms with Crippen LogP contribution in [0.25, 0.3) is 0 Å². The Morgan fingerprint density at radius 3 is 2.54 bits per heavy atom. The number of nitrogens with zero attached hydrogens (tertiary/aromatic N) is 3. The largest absolute Gasteiger partial charge is 0.476 e. The van der Waals surface area contributed by atoms with Crippen LogP contribution in [0.2, 0.25) is 5.02 Å². The summed E-state index contributed by atoms with van der Waals surface area (Å²) >= 11 is 5.41. The minimum Gasteiger partial charge on any atom is -0.476 e. The Kier molecular flexibility index (Phi) is 2.20. The van der Waals surface area contributed by atoms with Crippen LogP contribution in [0.4, 0.5) is 5.82 Å². The van der Waals surface area contributed by atoms with Crippen LogP contribution < -0.4 is 0 Å². The third kappa shape index (κ3) is 1.45. The molecule has 0 aliphatic rings. The van der Waals surface area contributed by atoms with Gasteiger partial charge in [0.2, 0.25) is 0 Å². The fourth-order valence-electron chi connectivity index (χ4n) is 0.833. The zero-order valence-corrected chi connectivity index (χ0v) is 7.15. The number of rotatable bonds is 2. The summed E-state index contributed by atoms with van der Waals surface area (Å²) in [7, 11) is 1.27. The highest BCUT2D eigenvalue weighted by atomic mass is 35.5. The molecule has 0 aliphatic heterocycles. The summed E-state index contributed by atoms with van der Waals surface area (Å²) in [6, 6.07) is 0. The predicted molar refractivity (Wildman–Crippen MR) is 41.8 cm³/mol. The van der Waals surface area contributed by atoms with Crippen LogP contribution in [0.1, 0.15) is 10.5 Å². The van der Waals surface area contributed by atoms with Crippen molar-refractivity contribution in [2.45, 2.75) is 0 Å². The third-order valence-electron chi connectivity index (χ3n) is 1.35. The molecule has 1 heterocycles. The Hall–Kier alpha value is -1.63. The molecule has 7 nitrogen and oxygen atoms in total. The summed E-state index contributed by atoms with van der Waals surface area (Å²) in [5.74, 6) is -2.00. The molecule has 1 rings (SSSR count). The second-order valence-electron chi connectivity index (χ2n) is 2.17. The van der Waals surface area contributed by atoms with Gasteiger partial charge in [0.05, 0.1) is 12.1 Å². The van der Waals surface area contributed by atoms with Gasteiger partial charge in [-0.2, -0.15) is 4.68 Å². The van der Waals surface area contributed by atoms with Crippen molar-refractivity contribution in [2.24, 2.45) is 7.05 Å². The topological polar surface area (TPSA) is 98.3 Å². The molecule has 0 amide bonds. The lowest BCUT2D eigenvalue weighted by molar-refractivity contribution is -0.389. The molecule has 0 saturated carbocycles. The van der Waals surface area contributed by atoms with E-state index >= 15 is 0 Å². The van der Waals surface area contributed by atoms with Crippen molar-refractivity contribution in [3.05, 3.63) is 20.8 Å². The number of aromatic nitrogens is 2. The number of hydrogen-bond donors (Lipinski definition) is 1. The third-order valence-corrected chi connectivity index (χ3v) is 1.70. The fourth-order valence-corrected chi connectivity index (χ4v) is 1.14. The van der Waals surface area contributed by atoms with E-state index in [2.05, 4.69) is 5.10 Å². The van der Waals surface area contributed by atoms with E-state index in [4.69, 9.17) is 16.7 Å². The minimum atomic E-state index is -1.35. The smallest absolute Gasteiger partial charge is 0.409 e. The second kappa shape index (κ2) is 3.02. The van der Waals surface area contributed by atoms with Crippen molar-refractivity contribution in [3.63, 3.8) is 0 Å². The van der Waals surface area contributed by atoms with E-state index in [1.807, 2.05) is 0 Å². The number of halogens is 1. The molecule has 0 unspecified atom stereocenters. The molecule has 13 heavy (non-hydrogen) atoms. The minimum absolute atomic E-state index is 0.395. The summed E-state index contributed by atoms with van der Waals surface area (Å²) in [5, 5.41) is 21.7. The van der Waals surface area contributed by atoms with Gasteiger partial charge in [-0.1, -0.05) is 11.6 Å². The van der Waals surface area contributed by atoms with Gasteiger partial charge in [-0.25, -0.2) is 4.79 Å². The number of carboxylic acid groups (broad SMARTS) is 1. The van der Waals surface area contributed by atoms with Crippen molar-refractivity contribution >= 4 is 23.4 Å². The van der Waals surface area contributed by atoms with Crippen LogP contribution in [0.15, 0.2) is 0 Å². The summed E-state index contributed by atoms with van der Waals surface area (Å²) < 4.78 is 0.850. The van der Waals surface area contributed by atoms with E-state index in [1.54, 1.807) is 0 Å². The maximum absolute atomic E-state index is 10.5. The number of nitro groups is 1. The first-order valence-corrected chi connectivity index (χ1v) is 3.43. The Morgan fingerprint density at radius 2 is 2.31 bits per heavy atom. The maximum Gasteiger partial charge on any atom is 0.409 e. The average molecular weight is 206 g/mol. The number of aromatic carboxylic acids is 1. The van der Waals surface area contributed by atoms with Crippen LogP contribution in [0.5, 0.6) is 0 Å². The summed E-state index contributed by atoms with van der Waals surface area (Å²) in [4.78, 5) is 19.9. The number of carbonyl (C=O) groups is 1. The monoisotopic (exact) mass is 205 g/mol. The molecule has 70 valence electrons. The first-order valence-electron chi connectivity index (χ1n) is 3.05. The molecule has 1 N–H and O–H groups in total. The number of carboxylic acids is 1. The van der Waals surface area contributed by atoms with Crippen molar-refractivity contribution in [2.75, 3.05) is 0 Å². The summed E-state index contributed by atoms with van der Waals surface area (Å²) in [5.41, 5.74) is -0.395. The van der Waals surface area contributed by atoms with Gasteiger partial charge in [-0.3, -0.25) is 0 Å². The molecule has 0 radical (unpaired) electrons. The van der Waals surface area contributed by atoms with Gasteiger partial charge in [0.15, 0.2) is 10.7 Å². The van der Waals surface area contributed by atoms with Gasteiger partial charge in [0.1, 0.15) is 0 Å². The van der Waals surface area contributed by atoms with Gasteiger partial charge in [0, 0.05) is 0 Å². The molecular weight excluding hydrogens is 202 g/mol. The Labute approximate surface area is 76.7 Å². The van der Waals surface area contributed by atoms with Crippen molar-refractivity contribution in [1.82, 2.24) is 9.78 Å². The summed E-state index contributed by atoms with van der Waals surface area (Å²) in [6.07, 6.45) is 0. The van der Waals surface area contributed by atoms with Gasteiger partial charge in [-0.05, 0) is 4.92 Å². The molecule has 0 bridgehead atoms. The maximum atomic E-state index is 10.5. The van der Waals surface area contributed by atoms with E-state index in [1.165, 1.54) is 7.05 Å². The van der Waals surface area contributed by atoms with E-state index in [0.29, 0.717) is 0 Å². The molecule has 1 aromatic rings. The highest BCUT2D eigenvalue weighted by Crippen LogP contribution is 2.26. The standard InChI is InChI=1S/C5H4ClN3O4/c1-8-3(5(10)11)2(6)4(7-8)9(12)13/h1H3,(H,10,11). The van der Waals surface area contributed by atoms with Gasteiger partial charge in [0.25, 0.3) is 0 Å². The van der Waals surface area contributed by atoms with Crippen molar-refractivity contribution in [1.29, 1.82) is 0 Å². The van der Waals surface area contributed by atoms with Crippen LogP contribution >= 0.6 is 11.6 Å². The van der Waals surface area contributed by atoms with Crippen molar-refractivity contribution < 1.29 is 14.8 Å². The number of aryl methyl sites for hydroxylation is 1. The van der Waals surface area contributed by atoms with Gasteiger partial charge in [-0.15, -0.1) is 0 Å². The van der Waals surface area contributed by atoms with E-state index in [-0.39, 0.29) is 0 Å². The normalized spacial score (nSPS) is 10.0. The first-order chi connectivity index (χ1) is 5.95. The molecular formula is C5H4ClN3O4. The molecule has 0 aliphatic carbocycles. The molecule has 8 heteroatoms. The SMILES string of the molecule is Cn1nc([N+](=O)[O-])c(Cl)c1C(=O)O. The Morgan fingerprint density at radius 1 is 1.77 bits per heavy atom. The van der Waals surface area contributed by atoms with Gasteiger partial charge >= 0.3 is 11.8 Å². The Balaban J connectivity index is 3.39. The first kappa shape index (κ1) is 9.46. The van der Waals surface area contributed by atoms with Crippen molar-refractivity contribution in [3.8, 4) is 0 Å². The molecule has 0 atom stereocenters. The fraction of sp³-hybridized carbons (Fsp3) is 0.200. The highest BCUT2D eigenvalue weighted by Gasteiger charge is 2.28. The molecule has 0 fully saturated rings. The van der Waals surface area contributed by atoms with Gasteiger partial charge < -0.3 is 15.2 Å². The van der Waals surface area contributed by atoms with Crippen LogP contribution in [0, 0.1) is 10.1 Å². The molecule has 1 aromatic heterocycles. The average Bonchev–Trinajstić information content (AvgIpc) is 2.26. The van der Waals surface area contributed by atoms with Crippen LogP contribution in [-0.4, -0.2) is 25.8 Å². The van der Waals surface area contributed by atoms with Crippen LogP contribution in [0.3, 0.4) is 0 Å².